The molecule has 0 unspecified atom stereocenters. The maximum absolute atomic E-state index is 12.7. The third kappa shape index (κ3) is 7.08. The lowest BCUT2D eigenvalue weighted by molar-refractivity contribution is -0.120. The van der Waals surface area contributed by atoms with Crippen molar-refractivity contribution in [3.05, 3.63) is 94.5 Å². The summed E-state index contributed by atoms with van der Waals surface area (Å²) in [6.07, 6.45) is -0.644. The molecular weight excluding hydrogens is 444 g/mol. The smallest absolute Gasteiger partial charge is 0.434 e. The molecule has 0 aliphatic rings. The molecule has 3 aromatic rings. The third-order valence-corrected chi connectivity index (χ3v) is 5.00. The van der Waals surface area contributed by atoms with E-state index in [1.54, 1.807) is 31.2 Å². The van der Waals surface area contributed by atoms with Gasteiger partial charge in [-0.3, -0.25) is 9.59 Å². The first-order valence-corrected chi connectivity index (χ1v) is 10.7. The highest BCUT2D eigenvalue weighted by Gasteiger charge is 2.12. The predicted molar refractivity (Wildman–Crippen MR) is 125 cm³/mol. The molecule has 0 saturated carbocycles. The number of para-hydroxylation sites is 1. The lowest BCUT2D eigenvalue weighted by Gasteiger charge is -2.13. The highest BCUT2D eigenvalue weighted by molar-refractivity contribution is 6.31. The Bertz CT molecular complexity index is 1130. The number of nitrogens with one attached hydrogen (secondary N) is 2. The lowest BCUT2D eigenvalue weighted by atomic mass is 10.1. The van der Waals surface area contributed by atoms with Crippen molar-refractivity contribution in [2.24, 2.45) is 0 Å². The van der Waals surface area contributed by atoms with Gasteiger partial charge in [0.25, 0.3) is 5.91 Å². The van der Waals surface area contributed by atoms with E-state index in [1.165, 1.54) is 24.3 Å². The minimum Gasteiger partial charge on any atom is -0.434 e. The predicted octanol–water partition coefficient (Wildman–Crippen LogP) is 4.99. The molecule has 0 spiro atoms. The standard InChI is InChI=1S/C25H23ClN2O5/c1-2-32-25(31)33-20-13-11-17(12-14-20)24(30)28-22-10-6-4-8-19(22)16-27-23(29)15-18-7-3-5-9-21(18)26/h3-14H,2,15-16H2,1H3,(H,27,29)(H,28,30). The average molecular weight is 467 g/mol. The van der Waals surface area contributed by atoms with Gasteiger partial charge in [-0.1, -0.05) is 48.0 Å². The molecule has 0 atom stereocenters. The quantitative estimate of drug-likeness (QED) is 0.360. The monoisotopic (exact) mass is 466 g/mol. The summed E-state index contributed by atoms with van der Waals surface area (Å²) in [5.74, 6) is -0.249. The highest BCUT2D eigenvalue weighted by Crippen LogP contribution is 2.19. The van der Waals surface area contributed by atoms with Gasteiger partial charge >= 0.3 is 6.16 Å². The molecular formula is C25H23ClN2O5. The number of hydrogen-bond donors (Lipinski definition) is 2. The van der Waals surface area contributed by atoms with Crippen LogP contribution in [0.5, 0.6) is 5.75 Å². The molecule has 2 N–H and O–H groups in total. The fraction of sp³-hybridized carbons (Fsp3) is 0.160. The Kier molecular flexibility index (Phi) is 8.43. The van der Waals surface area contributed by atoms with Crippen molar-refractivity contribution >= 4 is 35.3 Å². The number of anilines is 1. The maximum Gasteiger partial charge on any atom is 0.513 e. The molecule has 0 aromatic heterocycles. The Balaban J connectivity index is 1.59. The van der Waals surface area contributed by atoms with Crippen LogP contribution in [0.25, 0.3) is 0 Å². The van der Waals surface area contributed by atoms with Crippen molar-refractivity contribution in [1.29, 1.82) is 0 Å². The first-order valence-electron chi connectivity index (χ1n) is 10.3. The van der Waals surface area contributed by atoms with E-state index < -0.39 is 6.16 Å². The molecule has 7 nitrogen and oxygen atoms in total. The lowest BCUT2D eigenvalue weighted by Crippen LogP contribution is -2.25. The van der Waals surface area contributed by atoms with Crippen molar-refractivity contribution in [2.75, 3.05) is 11.9 Å². The van der Waals surface area contributed by atoms with E-state index in [4.69, 9.17) is 21.1 Å². The molecule has 0 aliphatic heterocycles. The van der Waals surface area contributed by atoms with E-state index in [-0.39, 0.29) is 37.1 Å². The number of amides is 2. The molecule has 0 fully saturated rings. The summed E-state index contributed by atoms with van der Waals surface area (Å²) in [5, 5.41) is 6.24. The van der Waals surface area contributed by atoms with Crippen LogP contribution in [0, 0.1) is 0 Å². The molecule has 8 heteroatoms. The van der Waals surface area contributed by atoms with Gasteiger partial charge < -0.3 is 20.1 Å². The van der Waals surface area contributed by atoms with Gasteiger partial charge in [-0.2, -0.15) is 0 Å². The van der Waals surface area contributed by atoms with Crippen LogP contribution in [0.4, 0.5) is 10.5 Å². The van der Waals surface area contributed by atoms with Crippen LogP contribution in [-0.4, -0.2) is 24.6 Å². The fourth-order valence-electron chi connectivity index (χ4n) is 2.98. The van der Waals surface area contributed by atoms with Gasteiger partial charge in [-0.05, 0) is 54.4 Å². The van der Waals surface area contributed by atoms with E-state index >= 15 is 0 Å². The van der Waals surface area contributed by atoms with Crippen molar-refractivity contribution < 1.29 is 23.9 Å². The molecule has 3 rings (SSSR count). The number of rotatable bonds is 8. The van der Waals surface area contributed by atoms with Crippen molar-refractivity contribution in [3.8, 4) is 5.75 Å². The van der Waals surface area contributed by atoms with Crippen LogP contribution < -0.4 is 15.4 Å². The van der Waals surface area contributed by atoms with E-state index in [0.29, 0.717) is 16.3 Å². The maximum atomic E-state index is 12.7. The number of benzene rings is 3. The van der Waals surface area contributed by atoms with Crippen LogP contribution in [0.2, 0.25) is 5.02 Å². The molecule has 0 aliphatic carbocycles. The second-order valence-corrected chi connectivity index (χ2v) is 7.37. The van der Waals surface area contributed by atoms with E-state index in [0.717, 1.165) is 11.1 Å². The second-order valence-electron chi connectivity index (χ2n) is 6.97. The molecule has 170 valence electrons. The SMILES string of the molecule is CCOC(=O)Oc1ccc(C(=O)Nc2ccccc2CNC(=O)Cc2ccccc2Cl)cc1. The minimum atomic E-state index is -0.805. The Labute approximate surface area is 196 Å². The number of hydrogen-bond acceptors (Lipinski definition) is 5. The first kappa shape index (κ1) is 23.8. The summed E-state index contributed by atoms with van der Waals surface area (Å²) in [4.78, 5) is 36.4. The third-order valence-electron chi connectivity index (χ3n) is 4.63. The fourth-order valence-corrected chi connectivity index (χ4v) is 3.18. The topological polar surface area (TPSA) is 93.7 Å². The Morgan fingerprint density at radius 3 is 2.24 bits per heavy atom. The highest BCUT2D eigenvalue weighted by atomic mass is 35.5. The Morgan fingerprint density at radius 1 is 0.879 bits per heavy atom. The molecule has 0 radical (unpaired) electrons. The summed E-state index contributed by atoms with van der Waals surface area (Å²) in [5.41, 5.74) is 2.45. The van der Waals surface area contributed by atoms with Crippen LogP contribution in [0.1, 0.15) is 28.4 Å². The van der Waals surface area contributed by atoms with Gasteiger partial charge in [0.15, 0.2) is 0 Å². The number of carbonyl (C=O) groups is 3. The van der Waals surface area contributed by atoms with Crippen LogP contribution in [-0.2, 0) is 22.5 Å². The van der Waals surface area contributed by atoms with Crippen molar-refractivity contribution in [2.45, 2.75) is 19.9 Å². The summed E-state index contributed by atoms with van der Waals surface area (Å²) >= 11 is 6.12. The van der Waals surface area contributed by atoms with Crippen LogP contribution >= 0.6 is 11.6 Å². The summed E-state index contributed by atoms with van der Waals surface area (Å²) in [6, 6.07) is 20.5. The van der Waals surface area contributed by atoms with E-state index in [2.05, 4.69) is 10.6 Å². The van der Waals surface area contributed by atoms with Gasteiger partial charge in [-0.15, -0.1) is 0 Å². The van der Waals surface area contributed by atoms with Gasteiger partial charge in [0.1, 0.15) is 5.75 Å². The Hall–Kier alpha value is -3.84. The molecule has 33 heavy (non-hydrogen) atoms. The normalized spacial score (nSPS) is 10.2. The molecule has 2 amide bonds. The second kappa shape index (κ2) is 11.7. The summed E-state index contributed by atoms with van der Waals surface area (Å²) in [7, 11) is 0. The van der Waals surface area contributed by atoms with Crippen molar-refractivity contribution in [3.63, 3.8) is 0 Å². The zero-order chi connectivity index (χ0) is 23.6. The average Bonchev–Trinajstić information content (AvgIpc) is 2.80. The Morgan fingerprint density at radius 2 is 1.55 bits per heavy atom. The molecule has 0 heterocycles. The summed E-state index contributed by atoms with van der Waals surface area (Å²) in [6.45, 7) is 2.13. The zero-order valence-electron chi connectivity index (χ0n) is 18.0. The van der Waals surface area contributed by atoms with Crippen LogP contribution in [0.15, 0.2) is 72.8 Å². The van der Waals surface area contributed by atoms with Gasteiger partial charge in [-0.25, -0.2) is 4.79 Å². The zero-order valence-corrected chi connectivity index (χ0v) is 18.7. The van der Waals surface area contributed by atoms with Crippen molar-refractivity contribution in [1.82, 2.24) is 5.32 Å². The van der Waals surface area contributed by atoms with Gasteiger partial charge in [0.2, 0.25) is 5.91 Å². The van der Waals surface area contributed by atoms with E-state index in [9.17, 15) is 14.4 Å². The molecule has 0 bridgehead atoms. The molecule has 3 aromatic carbocycles. The first-order chi connectivity index (χ1) is 16.0. The largest absolute Gasteiger partial charge is 0.513 e. The number of halogens is 1. The van der Waals surface area contributed by atoms with Gasteiger partial charge in [0, 0.05) is 22.8 Å². The molecule has 0 saturated heterocycles. The number of carbonyl (C=O) groups excluding carboxylic acids is 3. The van der Waals surface area contributed by atoms with E-state index in [1.807, 2.05) is 24.3 Å². The van der Waals surface area contributed by atoms with Gasteiger partial charge in [0.05, 0.1) is 13.0 Å². The number of ether oxygens (including phenoxy) is 2. The van der Waals surface area contributed by atoms with Crippen LogP contribution in [0.3, 0.4) is 0 Å². The summed E-state index contributed by atoms with van der Waals surface area (Å²) < 4.78 is 9.71. The minimum absolute atomic E-state index is 0.161.